The maximum absolute atomic E-state index is 12.2. The van der Waals surface area contributed by atoms with E-state index in [4.69, 9.17) is 23.2 Å². The molecule has 2 aromatic carbocycles. The number of amides is 1. The van der Waals surface area contributed by atoms with E-state index in [1.807, 2.05) is 0 Å². The Morgan fingerprint density at radius 1 is 1.10 bits per heavy atom. The van der Waals surface area contributed by atoms with Crippen molar-refractivity contribution in [1.82, 2.24) is 0 Å². The quantitative estimate of drug-likeness (QED) is 0.887. The van der Waals surface area contributed by atoms with E-state index in [1.165, 1.54) is 24.3 Å². The minimum Gasteiger partial charge on any atom is -0.478 e. The van der Waals surface area contributed by atoms with Crippen LogP contribution in [0, 0.1) is 6.92 Å². The summed E-state index contributed by atoms with van der Waals surface area (Å²) < 4.78 is 0. The Bertz CT molecular complexity index is 729. The summed E-state index contributed by atoms with van der Waals surface area (Å²) in [6.07, 6.45) is 0. The third-order valence-corrected chi connectivity index (χ3v) is 3.66. The molecule has 2 N–H and O–H groups in total. The van der Waals surface area contributed by atoms with E-state index in [9.17, 15) is 14.7 Å². The monoisotopic (exact) mass is 323 g/mol. The van der Waals surface area contributed by atoms with Crippen LogP contribution in [0.2, 0.25) is 10.0 Å². The summed E-state index contributed by atoms with van der Waals surface area (Å²) in [7, 11) is 0. The van der Waals surface area contributed by atoms with Crippen molar-refractivity contribution in [2.24, 2.45) is 0 Å². The summed E-state index contributed by atoms with van der Waals surface area (Å²) in [6, 6.07) is 9.32. The number of halogens is 2. The zero-order valence-electron chi connectivity index (χ0n) is 11.0. The summed E-state index contributed by atoms with van der Waals surface area (Å²) in [4.78, 5) is 23.4. The molecule has 0 saturated heterocycles. The standard InChI is InChI=1S/C15H11Cl2NO3/c1-8-3-2-4-12(13(8)15(20)21)18-14(19)9-5-6-10(16)11(17)7-9/h2-7H,1H3,(H,18,19)(H,20,21). The Kier molecular flexibility index (Phi) is 4.50. The Labute approximate surface area is 131 Å². The Morgan fingerprint density at radius 2 is 1.81 bits per heavy atom. The van der Waals surface area contributed by atoms with Crippen LogP contribution in [0.25, 0.3) is 0 Å². The number of hydrogen-bond acceptors (Lipinski definition) is 2. The van der Waals surface area contributed by atoms with Gasteiger partial charge in [0.2, 0.25) is 0 Å². The summed E-state index contributed by atoms with van der Waals surface area (Å²) in [5.74, 6) is -1.56. The first kappa shape index (κ1) is 15.4. The molecule has 0 fully saturated rings. The van der Waals surface area contributed by atoms with Gasteiger partial charge in [0, 0.05) is 5.56 Å². The highest BCUT2D eigenvalue weighted by molar-refractivity contribution is 6.42. The SMILES string of the molecule is Cc1cccc(NC(=O)c2ccc(Cl)c(Cl)c2)c1C(=O)O. The molecule has 6 heteroatoms. The molecule has 0 spiro atoms. The van der Waals surface area contributed by atoms with E-state index < -0.39 is 11.9 Å². The highest BCUT2D eigenvalue weighted by atomic mass is 35.5. The second kappa shape index (κ2) is 6.16. The highest BCUT2D eigenvalue weighted by Gasteiger charge is 2.16. The smallest absolute Gasteiger partial charge is 0.338 e. The molecule has 2 aromatic rings. The fourth-order valence-corrected chi connectivity index (χ4v) is 2.19. The largest absolute Gasteiger partial charge is 0.478 e. The first-order valence-electron chi connectivity index (χ1n) is 5.99. The van der Waals surface area contributed by atoms with Crippen LogP contribution in [0.15, 0.2) is 36.4 Å². The number of hydrogen-bond donors (Lipinski definition) is 2. The molecule has 4 nitrogen and oxygen atoms in total. The third kappa shape index (κ3) is 3.35. The van der Waals surface area contributed by atoms with E-state index >= 15 is 0 Å². The van der Waals surface area contributed by atoms with E-state index in [-0.39, 0.29) is 16.3 Å². The summed E-state index contributed by atoms with van der Waals surface area (Å²) in [5.41, 5.74) is 1.15. The maximum atomic E-state index is 12.2. The first-order chi connectivity index (χ1) is 9.90. The van der Waals surface area contributed by atoms with Crippen LogP contribution in [-0.2, 0) is 0 Å². The maximum Gasteiger partial charge on any atom is 0.338 e. The van der Waals surface area contributed by atoms with Crippen LogP contribution in [0.1, 0.15) is 26.3 Å². The minimum atomic E-state index is -1.10. The van der Waals surface area contributed by atoms with Gasteiger partial charge in [-0.05, 0) is 36.8 Å². The van der Waals surface area contributed by atoms with Gasteiger partial charge in [0.1, 0.15) is 0 Å². The lowest BCUT2D eigenvalue weighted by Crippen LogP contribution is -2.15. The number of nitrogens with one attached hydrogen (secondary N) is 1. The van der Waals surface area contributed by atoms with Crippen LogP contribution in [0.4, 0.5) is 5.69 Å². The van der Waals surface area contributed by atoms with Gasteiger partial charge in [-0.15, -0.1) is 0 Å². The minimum absolute atomic E-state index is 0.0610. The van der Waals surface area contributed by atoms with Crippen LogP contribution in [0.5, 0.6) is 0 Å². The average Bonchev–Trinajstić information content (AvgIpc) is 2.41. The molecule has 0 heterocycles. The van der Waals surface area contributed by atoms with Crippen LogP contribution < -0.4 is 5.32 Å². The van der Waals surface area contributed by atoms with Crippen LogP contribution >= 0.6 is 23.2 Å². The molecule has 0 radical (unpaired) electrons. The molecule has 0 aliphatic heterocycles. The number of anilines is 1. The van der Waals surface area contributed by atoms with Gasteiger partial charge < -0.3 is 10.4 Å². The van der Waals surface area contributed by atoms with E-state index in [0.717, 1.165) is 0 Å². The topological polar surface area (TPSA) is 66.4 Å². The molecule has 0 saturated carbocycles. The summed E-state index contributed by atoms with van der Waals surface area (Å²) in [5, 5.41) is 12.4. The van der Waals surface area contributed by atoms with Crippen LogP contribution in [0.3, 0.4) is 0 Å². The van der Waals surface area contributed by atoms with Gasteiger partial charge in [0.15, 0.2) is 0 Å². The van der Waals surface area contributed by atoms with E-state index in [2.05, 4.69) is 5.32 Å². The molecule has 0 aliphatic carbocycles. The van der Waals surface area contributed by atoms with Gasteiger partial charge >= 0.3 is 5.97 Å². The van der Waals surface area contributed by atoms with Crippen molar-refractivity contribution in [3.05, 3.63) is 63.1 Å². The van der Waals surface area contributed by atoms with Gasteiger partial charge in [-0.3, -0.25) is 4.79 Å². The molecular weight excluding hydrogens is 313 g/mol. The van der Waals surface area contributed by atoms with Gasteiger partial charge in [0.05, 0.1) is 21.3 Å². The van der Waals surface area contributed by atoms with Gasteiger partial charge in [-0.2, -0.15) is 0 Å². The molecule has 108 valence electrons. The fraction of sp³-hybridized carbons (Fsp3) is 0.0667. The number of carbonyl (C=O) groups excluding carboxylic acids is 1. The Hall–Kier alpha value is -2.04. The molecule has 0 atom stereocenters. The van der Waals surface area contributed by atoms with Gasteiger partial charge in [0.25, 0.3) is 5.91 Å². The molecule has 21 heavy (non-hydrogen) atoms. The van der Waals surface area contributed by atoms with Crippen LogP contribution in [-0.4, -0.2) is 17.0 Å². The Morgan fingerprint density at radius 3 is 2.43 bits per heavy atom. The zero-order chi connectivity index (χ0) is 15.6. The van der Waals surface area contributed by atoms with Gasteiger partial charge in [-0.25, -0.2) is 4.79 Å². The lowest BCUT2D eigenvalue weighted by atomic mass is 10.1. The predicted molar refractivity (Wildman–Crippen MR) is 82.6 cm³/mol. The second-order valence-corrected chi connectivity index (χ2v) is 5.20. The Balaban J connectivity index is 2.34. The van der Waals surface area contributed by atoms with E-state index in [1.54, 1.807) is 19.1 Å². The summed E-state index contributed by atoms with van der Waals surface area (Å²) in [6.45, 7) is 1.66. The number of benzene rings is 2. The molecule has 0 bridgehead atoms. The normalized spacial score (nSPS) is 10.2. The molecular formula is C15H11Cl2NO3. The number of carboxylic acids is 1. The van der Waals surface area contributed by atoms with Crippen molar-refractivity contribution >= 4 is 40.8 Å². The molecule has 1 amide bonds. The van der Waals surface area contributed by atoms with Crippen molar-refractivity contribution in [3.63, 3.8) is 0 Å². The predicted octanol–water partition coefficient (Wildman–Crippen LogP) is 4.25. The third-order valence-electron chi connectivity index (χ3n) is 2.92. The molecule has 0 aromatic heterocycles. The summed E-state index contributed by atoms with van der Waals surface area (Å²) >= 11 is 11.7. The molecule has 2 rings (SSSR count). The van der Waals surface area contributed by atoms with Crippen molar-refractivity contribution in [2.75, 3.05) is 5.32 Å². The first-order valence-corrected chi connectivity index (χ1v) is 6.75. The van der Waals surface area contributed by atoms with E-state index in [0.29, 0.717) is 16.1 Å². The fourth-order valence-electron chi connectivity index (χ4n) is 1.89. The van der Waals surface area contributed by atoms with Crippen molar-refractivity contribution in [2.45, 2.75) is 6.92 Å². The van der Waals surface area contributed by atoms with Gasteiger partial charge in [-0.1, -0.05) is 35.3 Å². The molecule has 0 unspecified atom stereocenters. The lowest BCUT2D eigenvalue weighted by molar-refractivity contribution is 0.0697. The number of carbonyl (C=O) groups is 2. The highest BCUT2D eigenvalue weighted by Crippen LogP contribution is 2.24. The number of carboxylic acid groups (broad SMARTS) is 1. The molecule has 0 aliphatic rings. The van der Waals surface area contributed by atoms with Crippen molar-refractivity contribution < 1.29 is 14.7 Å². The average molecular weight is 324 g/mol. The number of aryl methyl sites for hydroxylation is 1. The zero-order valence-corrected chi connectivity index (χ0v) is 12.5. The number of aromatic carboxylic acids is 1. The van der Waals surface area contributed by atoms with Crippen molar-refractivity contribution in [3.8, 4) is 0 Å². The second-order valence-electron chi connectivity index (χ2n) is 4.39. The number of rotatable bonds is 3. The lowest BCUT2D eigenvalue weighted by Gasteiger charge is -2.11. The van der Waals surface area contributed by atoms with Crippen molar-refractivity contribution in [1.29, 1.82) is 0 Å².